The summed E-state index contributed by atoms with van der Waals surface area (Å²) >= 11 is 0. The first-order valence-electron chi connectivity index (χ1n) is 11.5. The van der Waals surface area contributed by atoms with E-state index in [0.717, 1.165) is 36.6 Å². The highest BCUT2D eigenvalue weighted by molar-refractivity contribution is 6.00. The third-order valence-electron chi connectivity index (χ3n) is 7.51. The van der Waals surface area contributed by atoms with Gasteiger partial charge in [0.15, 0.2) is 5.78 Å². The maximum Gasteiger partial charge on any atom is 0.168 e. The monoisotopic (exact) mass is 391 g/mol. The SMILES string of the molecule is CC1(C)CC(C2CCCCC2)Nc2c(C(=O)CC3Cc4ccccc4C3)cnn21. The lowest BCUT2D eigenvalue weighted by Gasteiger charge is -2.42. The molecule has 1 aromatic carbocycles. The number of benzene rings is 1. The number of fused-ring (bicyclic) bond motifs is 2. The Labute approximate surface area is 174 Å². The van der Waals surface area contributed by atoms with Crippen LogP contribution >= 0.6 is 0 Å². The molecule has 2 heterocycles. The third-order valence-corrected chi connectivity index (χ3v) is 7.51. The maximum atomic E-state index is 13.3. The van der Waals surface area contributed by atoms with Gasteiger partial charge in [0.25, 0.3) is 0 Å². The number of hydrogen-bond acceptors (Lipinski definition) is 3. The summed E-state index contributed by atoms with van der Waals surface area (Å²) in [6.45, 7) is 4.53. The fourth-order valence-electron chi connectivity index (χ4n) is 5.99. The quantitative estimate of drug-likeness (QED) is 0.713. The van der Waals surface area contributed by atoms with Gasteiger partial charge in [0.2, 0.25) is 0 Å². The Balaban J connectivity index is 1.35. The van der Waals surface area contributed by atoms with Crippen molar-refractivity contribution in [2.45, 2.75) is 83.2 Å². The van der Waals surface area contributed by atoms with Crippen LogP contribution in [0.5, 0.6) is 0 Å². The second-order valence-electron chi connectivity index (χ2n) is 10.2. The number of carbonyl (C=O) groups is 1. The molecule has 1 aromatic heterocycles. The highest BCUT2D eigenvalue weighted by Crippen LogP contribution is 2.40. The highest BCUT2D eigenvalue weighted by Gasteiger charge is 2.39. The van der Waals surface area contributed by atoms with Gasteiger partial charge in [-0.05, 0) is 68.9 Å². The molecule has 29 heavy (non-hydrogen) atoms. The van der Waals surface area contributed by atoms with Gasteiger partial charge in [-0.3, -0.25) is 4.79 Å². The molecule has 5 rings (SSSR count). The predicted molar refractivity (Wildman–Crippen MR) is 116 cm³/mol. The van der Waals surface area contributed by atoms with Gasteiger partial charge in [-0.15, -0.1) is 0 Å². The van der Waals surface area contributed by atoms with Crippen LogP contribution in [0.4, 0.5) is 5.82 Å². The summed E-state index contributed by atoms with van der Waals surface area (Å²) in [6, 6.07) is 9.08. The molecule has 1 saturated carbocycles. The first-order chi connectivity index (χ1) is 14.0. The Bertz CT molecular complexity index is 882. The van der Waals surface area contributed by atoms with E-state index in [1.54, 1.807) is 0 Å². The minimum Gasteiger partial charge on any atom is -0.367 e. The maximum absolute atomic E-state index is 13.3. The van der Waals surface area contributed by atoms with Gasteiger partial charge >= 0.3 is 0 Å². The number of anilines is 1. The van der Waals surface area contributed by atoms with E-state index in [1.165, 1.54) is 43.2 Å². The van der Waals surface area contributed by atoms with Crippen LogP contribution in [0.15, 0.2) is 30.5 Å². The molecule has 1 atom stereocenters. The van der Waals surface area contributed by atoms with E-state index in [4.69, 9.17) is 0 Å². The molecule has 2 aliphatic carbocycles. The van der Waals surface area contributed by atoms with Crippen LogP contribution in [0.1, 0.15) is 80.3 Å². The number of Topliss-reactive ketones (excluding diaryl/α,β-unsaturated/α-hetero) is 1. The number of carbonyl (C=O) groups excluding carboxylic acids is 1. The molecule has 4 nitrogen and oxygen atoms in total. The van der Waals surface area contributed by atoms with Crippen LogP contribution in [0.3, 0.4) is 0 Å². The van der Waals surface area contributed by atoms with Crippen molar-refractivity contribution in [3.63, 3.8) is 0 Å². The molecular weight excluding hydrogens is 358 g/mol. The largest absolute Gasteiger partial charge is 0.367 e. The van der Waals surface area contributed by atoms with Crippen molar-refractivity contribution in [3.8, 4) is 0 Å². The van der Waals surface area contributed by atoms with E-state index >= 15 is 0 Å². The van der Waals surface area contributed by atoms with E-state index in [-0.39, 0.29) is 11.3 Å². The first kappa shape index (κ1) is 18.9. The Morgan fingerprint density at radius 2 is 1.83 bits per heavy atom. The first-order valence-corrected chi connectivity index (χ1v) is 11.5. The molecule has 1 fully saturated rings. The average Bonchev–Trinajstić information content (AvgIpc) is 3.32. The number of nitrogens with zero attached hydrogens (tertiary/aromatic N) is 2. The zero-order valence-corrected chi connectivity index (χ0v) is 17.8. The molecule has 0 amide bonds. The standard InChI is InChI=1S/C25H33N3O/c1-25(2)15-22(18-8-4-3-5-9-18)27-24-21(16-26-28(24)25)23(29)14-17-12-19-10-6-7-11-20(19)13-17/h6-7,10-11,16-18,22,27H,3-5,8-9,12-15H2,1-2H3. The summed E-state index contributed by atoms with van der Waals surface area (Å²) in [5, 5.41) is 8.43. The molecule has 0 radical (unpaired) electrons. The topological polar surface area (TPSA) is 46.9 Å². The van der Waals surface area contributed by atoms with E-state index in [1.807, 2.05) is 6.20 Å². The molecule has 2 aromatic rings. The Kier molecular flexibility index (Phi) is 4.76. The van der Waals surface area contributed by atoms with E-state index < -0.39 is 0 Å². The number of hydrogen-bond donors (Lipinski definition) is 1. The molecule has 4 heteroatoms. The van der Waals surface area contributed by atoms with Crippen molar-refractivity contribution in [2.24, 2.45) is 11.8 Å². The van der Waals surface area contributed by atoms with Crippen LogP contribution in [0.2, 0.25) is 0 Å². The van der Waals surface area contributed by atoms with Crippen molar-refractivity contribution >= 4 is 11.6 Å². The fourth-order valence-corrected chi connectivity index (χ4v) is 5.99. The molecule has 1 N–H and O–H groups in total. The average molecular weight is 392 g/mol. The fraction of sp³-hybridized carbons (Fsp3) is 0.600. The van der Waals surface area contributed by atoms with Crippen molar-refractivity contribution in [1.82, 2.24) is 9.78 Å². The Morgan fingerprint density at radius 3 is 2.52 bits per heavy atom. The summed E-state index contributed by atoms with van der Waals surface area (Å²) < 4.78 is 2.07. The van der Waals surface area contributed by atoms with Gasteiger partial charge < -0.3 is 5.32 Å². The summed E-state index contributed by atoms with van der Waals surface area (Å²) in [7, 11) is 0. The van der Waals surface area contributed by atoms with Gasteiger partial charge in [0.1, 0.15) is 5.82 Å². The second-order valence-corrected chi connectivity index (χ2v) is 10.2. The number of ketones is 1. The van der Waals surface area contributed by atoms with E-state index in [2.05, 4.69) is 53.2 Å². The van der Waals surface area contributed by atoms with Crippen LogP contribution in [-0.4, -0.2) is 21.6 Å². The molecule has 1 aliphatic heterocycles. The number of aromatic nitrogens is 2. The summed E-state index contributed by atoms with van der Waals surface area (Å²) in [4.78, 5) is 13.3. The Hall–Kier alpha value is -2.10. The second kappa shape index (κ2) is 7.30. The number of nitrogens with one attached hydrogen (secondary N) is 1. The van der Waals surface area contributed by atoms with Crippen molar-refractivity contribution in [3.05, 3.63) is 47.2 Å². The van der Waals surface area contributed by atoms with Gasteiger partial charge in [-0.25, -0.2) is 4.68 Å². The van der Waals surface area contributed by atoms with Crippen LogP contribution < -0.4 is 5.32 Å². The van der Waals surface area contributed by atoms with Crippen molar-refractivity contribution in [2.75, 3.05) is 5.32 Å². The van der Waals surface area contributed by atoms with E-state index in [0.29, 0.717) is 18.4 Å². The smallest absolute Gasteiger partial charge is 0.168 e. The lowest BCUT2D eigenvalue weighted by atomic mass is 9.78. The molecule has 0 saturated heterocycles. The number of rotatable bonds is 4. The highest BCUT2D eigenvalue weighted by atomic mass is 16.1. The predicted octanol–water partition coefficient (Wildman–Crippen LogP) is 5.37. The molecule has 154 valence electrons. The van der Waals surface area contributed by atoms with Gasteiger partial charge in [-0.2, -0.15) is 5.10 Å². The van der Waals surface area contributed by atoms with Gasteiger partial charge in [-0.1, -0.05) is 43.5 Å². The summed E-state index contributed by atoms with van der Waals surface area (Å²) in [5.74, 6) is 2.36. The zero-order valence-electron chi connectivity index (χ0n) is 17.8. The van der Waals surface area contributed by atoms with Crippen molar-refractivity contribution < 1.29 is 4.79 Å². The third kappa shape index (κ3) is 3.51. The minimum atomic E-state index is -0.0508. The van der Waals surface area contributed by atoms with Crippen molar-refractivity contribution in [1.29, 1.82) is 0 Å². The molecule has 3 aliphatic rings. The zero-order chi connectivity index (χ0) is 20.0. The molecule has 0 bridgehead atoms. The summed E-state index contributed by atoms with van der Waals surface area (Å²) in [5.41, 5.74) is 3.58. The lowest BCUT2D eigenvalue weighted by Crippen LogP contribution is -2.45. The molecule has 1 unspecified atom stereocenters. The Morgan fingerprint density at radius 1 is 1.14 bits per heavy atom. The normalized spacial score (nSPS) is 24.0. The van der Waals surface area contributed by atoms with Crippen LogP contribution in [-0.2, 0) is 18.4 Å². The molecule has 0 spiro atoms. The molecular formula is C25H33N3O. The van der Waals surface area contributed by atoms with Crippen LogP contribution in [0, 0.1) is 11.8 Å². The van der Waals surface area contributed by atoms with E-state index in [9.17, 15) is 4.79 Å². The lowest BCUT2D eigenvalue weighted by molar-refractivity contribution is 0.0963. The minimum absolute atomic E-state index is 0.0508. The van der Waals surface area contributed by atoms with Crippen LogP contribution in [0.25, 0.3) is 0 Å². The summed E-state index contributed by atoms with van der Waals surface area (Å²) in [6.07, 6.45) is 12.2. The van der Waals surface area contributed by atoms with Gasteiger partial charge in [0.05, 0.1) is 17.3 Å². The van der Waals surface area contributed by atoms with Gasteiger partial charge in [0, 0.05) is 12.5 Å².